The number of hydrogen-bond donors (Lipinski definition) is 0. The van der Waals surface area contributed by atoms with Crippen molar-refractivity contribution < 1.29 is 26.8 Å². The molecule has 1 saturated heterocycles. The molecule has 174 valence electrons. The number of sulfone groups is 1. The van der Waals surface area contributed by atoms with Crippen LogP contribution < -0.4 is 0 Å². The van der Waals surface area contributed by atoms with Gasteiger partial charge in [0.15, 0.2) is 20.4 Å². The summed E-state index contributed by atoms with van der Waals surface area (Å²) in [6, 6.07) is 10.9. The fourth-order valence-corrected chi connectivity index (χ4v) is 4.41. The predicted octanol–water partition coefficient (Wildman–Crippen LogP) is 3.57. The number of halogens is 1. The van der Waals surface area contributed by atoms with Crippen LogP contribution in [0.3, 0.4) is 0 Å². The lowest BCUT2D eigenvalue weighted by Crippen LogP contribution is -2.41. The molecule has 0 N–H and O–H groups in total. The Morgan fingerprint density at radius 3 is 2.50 bits per heavy atom. The number of fused-ring (bicyclic) bond motifs is 1. The van der Waals surface area contributed by atoms with Gasteiger partial charge in [0, 0.05) is 48.9 Å². The Bertz CT molecular complexity index is 1490. The summed E-state index contributed by atoms with van der Waals surface area (Å²) in [6.45, 7) is 1.67. The first-order chi connectivity index (χ1) is 16.3. The number of ether oxygens (including phenoxy) is 1. The molecule has 0 aliphatic carbocycles. The molecule has 8 nitrogen and oxygen atoms in total. The Morgan fingerprint density at radius 1 is 1.03 bits per heavy atom. The van der Waals surface area contributed by atoms with Crippen LogP contribution in [0.25, 0.3) is 33.6 Å². The van der Waals surface area contributed by atoms with Crippen LogP contribution in [0.15, 0.2) is 64.3 Å². The zero-order chi connectivity index (χ0) is 23.9. The molecule has 0 bridgehead atoms. The predicted molar refractivity (Wildman–Crippen MR) is 122 cm³/mol. The second-order valence-corrected chi connectivity index (χ2v) is 9.90. The molecule has 34 heavy (non-hydrogen) atoms. The molecular formula is C24H20FN3O5S. The largest absolute Gasteiger partial charge is 0.454 e. The fraction of sp³-hybridized carbons (Fsp3) is 0.208. The zero-order valence-corrected chi connectivity index (χ0v) is 19.0. The summed E-state index contributed by atoms with van der Waals surface area (Å²) in [5.74, 6) is -0.526. The van der Waals surface area contributed by atoms with Crippen molar-refractivity contribution in [1.29, 1.82) is 0 Å². The van der Waals surface area contributed by atoms with Gasteiger partial charge in [-0.2, -0.15) is 0 Å². The Labute approximate surface area is 194 Å². The molecule has 1 aliphatic heterocycles. The van der Waals surface area contributed by atoms with Crippen molar-refractivity contribution in [3.05, 3.63) is 66.2 Å². The number of amides is 1. The van der Waals surface area contributed by atoms with Crippen LogP contribution in [-0.4, -0.2) is 61.8 Å². The molecule has 0 saturated carbocycles. The minimum absolute atomic E-state index is 0.0169. The third-order valence-electron chi connectivity index (χ3n) is 5.62. The number of benzene rings is 1. The molecule has 4 aromatic rings. The van der Waals surface area contributed by atoms with Crippen molar-refractivity contribution in [3.63, 3.8) is 0 Å². The highest BCUT2D eigenvalue weighted by Gasteiger charge is 2.23. The second kappa shape index (κ2) is 8.62. The van der Waals surface area contributed by atoms with Gasteiger partial charge in [0.2, 0.25) is 0 Å². The van der Waals surface area contributed by atoms with Gasteiger partial charge in [-0.3, -0.25) is 9.78 Å². The number of furan rings is 1. The summed E-state index contributed by atoms with van der Waals surface area (Å²) in [5, 5.41) is -0.0325. The second-order valence-electron chi connectivity index (χ2n) is 7.94. The van der Waals surface area contributed by atoms with Crippen LogP contribution in [0, 0.1) is 5.82 Å². The first-order valence-electron chi connectivity index (χ1n) is 10.5. The summed E-state index contributed by atoms with van der Waals surface area (Å²) >= 11 is 0. The number of carbonyl (C=O) groups excluding carboxylic acids is 1. The smallest absolute Gasteiger partial charge is 0.257 e. The van der Waals surface area contributed by atoms with Crippen LogP contribution in [-0.2, 0) is 14.6 Å². The topological polar surface area (TPSA) is 103 Å². The van der Waals surface area contributed by atoms with Crippen molar-refractivity contribution >= 4 is 26.8 Å². The monoisotopic (exact) mass is 481 g/mol. The quantitative estimate of drug-likeness (QED) is 0.439. The highest BCUT2D eigenvalue weighted by Crippen LogP contribution is 2.34. The normalized spacial score (nSPS) is 14.5. The Hall–Kier alpha value is -3.63. The van der Waals surface area contributed by atoms with Gasteiger partial charge in [-0.1, -0.05) is 6.07 Å². The Morgan fingerprint density at radius 2 is 1.79 bits per heavy atom. The van der Waals surface area contributed by atoms with Crippen molar-refractivity contribution in [1.82, 2.24) is 14.9 Å². The average Bonchev–Trinajstić information content (AvgIpc) is 3.29. The summed E-state index contributed by atoms with van der Waals surface area (Å²) in [6.07, 6.45) is 4.12. The van der Waals surface area contributed by atoms with E-state index in [1.165, 1.54) is 24.4 Å². The molecule has 3 aromatic heterocycles. The SMILES string of the molecule is CS(=O)(=O)c1ccc(-c2cc3nccc(-c4ccc(F)c(C(=O)N5CCOCC5)c4)c3o2)cn1. The van der Waals surface area contributed by atoms with E-state index >= 15 is 0 Å². The molecule has 1 amide bonds. The average molecular weight is 482 g/mol. The maximum absolute atomic E-state index is 14.6. The minimum Gasteiger partial charge on any atom is -0.454 e. The standard InChI is InChI=1S/C24H20FN3O5S/c1-34(30,31)22-5-3-16(14-27-22)21-13-20-23(33-21)17(6-7-26-20)15-2-4-19(25)18(12-15)24(29)28-8-10-32-11-9-28/h2-7,12-14H,8-11H2,1H3. The van der Waals surface area contributed by atoms with Crippen molar-refractivity contribution in [2.75, 3.05) is 32.6 Å². The summed E-state index contributed by atoms with van der Waals surface area (Å²) in [5.41, 5.74) is 2.84. The number of pyridine rings is 2. The van der Waals surface area contributed by atoms with Crippen LogP contribution in [0.1, 0.15) is 10.4 Å². The van der Waals surface area contributed by atoms with E-state index in [2.05, 4.69) is 9.97 Å². The molecule has 0 unspecified atom stereocenters. The minimum atomic E-state index is -3.41. The van der Waals surface area contributed by atoms with Crippen LogP contribution in [0.2, 0.25) is 0 Å². The van der Waals surface area contributed by atoms with Crippen LogP contribution >= 0.6 is 0 Å². The van der Waals surface area contributed by atoms with E-state index in [4.69, 9.17) is 9.15 Å². The van der Waals surface area contributed by atoms with E-state index in [9.17, 15) is 17.6 Å². The molecule has 1 aromatic carbocycles. The Balaban J connectivity index is 1.53. The van der Waals surface area contributed by atoms with Gasteiger partial charge in [0.25, 0.3) is 5.91 Å². The van der Waals surface area contributed by atoms with E-state index in [1.807, 2.05) is 0 Å². The number of nitrogens with zero attached hydrogens (tertiary/aromatic N) is 3. The molecule has 4 heterocycles. The number of hydrogen-bond acceptors (Lipinski definition) is 7. The Kier molecular flexibility index (Phi) is 5.62. The molecule has 5 rings (SSSR count). The van der Waals surface area contributed by atoms with E-state index in [0.717, 1.165) is 6.26 Å². The van der Waals surface area contributed by atoms with Gasteiger partial charge in [-0.25, -0.2) is 17.8 Å². The molecule has 1 aliphatic rings. The first-order valence-corrected chi connectivity index (χ1v) is 12.4. The third-order valence-corrected chi connectivity index (χ3v) is 6.62. The molecule has 0 atom stereocenters. The lowest BCUT2D eigenvalue weighted by molar-refractivity contribution is 0.0300. The number of rotatable bonds is 4. The van der Waals surface area contributed by atoms with E-state index in [0.29, 0.717) is 59.9 Å². The van der Waals surface area contributed by atoms with Gasteiger partial charge >= 0.3 is 0 Å². The maximum Gasteiger partial charge on any atom is 0.257 e. The number of aromatic nitrogens is 2. The maximum atomic E-state index is 14.6. The van der Waals surface area contributed by atoms with Crippen molar-refractivity contribution in [2.24, 2.45) is 0 Å². The number of morpholine rings is 1. The van der Waals surface area contributed by atoms with Crippen LogP contribution in [0.4, 0.5) is 4.39 Å². The highest BCUT2D eigenvalue weighted by atomic mass is 32.2. The molecule has 0 radical (unpaired) electrons. The molecule has 0 spiro atoms. The van der Waals surface area contributed by atoms with Gasteiger partial charge < -0.3 is 14.1 Å². The van der Waals surface area contributed by atoms with E-state index in [-0.39, 0.29) is 16.5 Å². The lowest BCUT2D eigenvalue weighted by atomic mass is 10.0. The highest BCUT2D eigenvalue weighted by molar-refractivity contribution is 7.90. The fourth-order valence-electron chi connectivity index (χ4n) is 3.85. The van der Waals surface area contributed by atoms with Gasteiger partial charge in [0.1, 0.15) is 17.1 Å². The third kappa shape index (κ3) is 4.17. The first kappa shape index (κ1) is 22.2. The summed E-state index contributed by atoms with van der Waals surface area (Å²) in [4.78, 5) is 22.8. The van der Waals surface area contributed by atoms with Gasteiger partial charge in [-0.15, -0.1) is 0 Å². The number of carbonyl (C=O) groups is 1. The lowest BCUT2D eigenvalue weighted by Gasteiger charge is -2.27. The van der Waals surface area contributed by atoms with Crippen molar-refractivity contribution in [2.45, 2.75) is 5.03 Å². The summed E-state index contributed by atoms with van der Waals surface area (Å²) in [7, 11) is -3.41. The molecular weight excluding hydrogens is 461 g/mol. The molecule has 1 fully saturated rings. The van der Waals surface area contributed by atoms with Crippen LogP contribution in [0.5, 0.6) is 0 Å². The molecule has 10 heteroatoms. The van der Waals surface area contributed by atoms with Gasteiger partial charge in [0.05, 0.1) is 18.8 Å². The summed E-state index contributed by atoms with van der Waals surface area (Å²) < 4.78 is 49.2. The van der Waals surface area contributed by atoms with Crippen molar-refractivity contribution in [3.8, 4) is 22.5 Å². The van der Waals surface area contributed by atoms with E-state index < -0.39 is 15.7 Å². The van der Waals surface area contributed by atoms with Gasteiger partial charge in [-0.05, 0) is 35.9 Å². The van der Waals surface area contributed by atoms with E-state index in [1.54, 1.807) is 35.4 Å². The zero-order valence-electron chi connectivity index (χ0n) is 18.2.